The molecule has 0 saturated heterocycles. The summed E-state index contributed by atoms with van der Waals surface area (Å²) in [4.78, 5) is 17.6. The molecule has 0 radical (unpaired) electrons. The third kappa shape index (κ3) is 3.05. The summed E-state index contributed by atoms with van der Waals surface area (Å²) in [5.41, 5.74) is 1.79. The molecule has 2 aliphatic rings. The molecule has 3 rings (SSSR count). The Morgan fingerprint density at radius 3 is 2.52 bits per heavy atom. The van der Waals surface area contributed by atoms with E-state index in [0.29, 0.717) is 31.7 Å². The van der Waals surface area contributed by atoms with Crippen molar-refractivity contribution in [2.45, 2.75) is 30.9 Å². The monoisotopic (exact) mass is 339 g/mol. The molecule has 0 atom stereocenters. The Labute approximate surface area is 136 Å². The average molecular weight is 339 g/mol. The number of anilines is 1. The van der Waals surface area contributed by atoms with Crippen molar-refractivity contribution in [2.75, 3.05) is 32.1 Å². The quantitative estimate of drug-likeness (QED) is 0.870. The fraction of sp³-hybridized carbons (Fsp3) is 0.600. The highest BCUT2D eigenvalue weighted by atomic mass is 32.2. The zero-order chi connectivity index (χ0) is 16.8. The van der Waals surface area contributed by atoms with E-state index in [1.165, 1.54) is 0 Å². The lowest BCUT2D eigenvalue weighted by molar-refractivity contribution is 0.0697. The normalized spacial score (nSPS) is 19.0. The van der Waals surface area contributed by atoms with Crippen molar-refractivity contribution in [3.63, 3.8) is 0 Å². The van der Waals surface area contributed by atoms with Crippen LogP contribution in [0.4, 0.5) is 5.82 Å². The number of fused-ring (bicyclic) bond motifs is 1. The molecule has 1 N–H and O–H groups in total. The topological polar surface area (TPSA) is 90.8 Å². The molecular formula is C15H21N3O4S. The van der Waals surface area contributed by atoms with Crippen LogP contribution < -0.4 is 4.90 Å². The van der Waals surface area contributed by atoms with Crippen molar-refractivity contribution in [1.82, 2.24) is 9.29 Å². The van der Waals surface area contributed by atoms with Gasteiger partial charge in [-0.3, -0.25) is 0 Å². The van der Waals surface area contributed by atoms with Crippen LogP contribution in [0.15, 0.2) is 6.07 Å². The van der Waals surface area contributed by atoms with Gasteiger partial charge in [-0.1, -0.05) is 0 Å². The van der Waals surface area contributed by atoms with E-state index in [0.717, 1.165) is 24.1 Å². The maximum absolute atomic E-state index is 12.4. The molecule has 23 heavy (non-hydrogen) atoms. The summed E-state index contributed by atoms with van der Waals surface area (Å²) in [6.45, 7) is 0.812. The number of hydrogen-bond donors (Lipinski definition) is 1. The molecule has 0 aromatic carbocycles. The van der Waals surface area contributed by atoms with E-state index in [2.05, 4.69) is 4.98 Å². The van der Waals surface area contributed by atoms with E-state index >= 15 is 0 Å². The summed E-state index contributed by atoms with van der Waals surface area (Å²) in [5.74, 6) is -0.606. The van der Waals surface area contributed by atoms with Crippen LogP contribution in [0.5, 0.6) is 0 Å². The zero-order valence-corrected chi connectivity index (χ0v) is 14.1. The van der Waals surface area contributed by atoms with E-state index in [1.54, 1.807) is 29.4 Å². The van der Waals surface area contributed by atoms with Gasteiger partial charge in [0.1, 0.15) is 11.4 Å². The highest BCUT2D eigenvalue weighted by Gasteiger charge is 2.40. The number of aromatic nitrogens is 1. The third-order valence-corrected chi connectivity index (χ3v) is 6.76. The molecule has 0 unspecified atom stereocenters. The second kappa shape index (κ2) is 5.76. The molecule has 0 bridgehead atoms. The van der Waals surface area contributed by atoms with Gasteiger partial charge in [0.2, 0.25) is 10.0 Å². The van der Waals surface area contributed by atoms with E-state index in [4.69, 9.17) is 0 Å². The van der Waals surface area contributed by atoms with Gasteiger partial charge >= 0.3 is 5.97 Å². The van der Waals surface area contributed by atoms with Gasteiger partial charge in [-0.15, -0.1) is 0 Å². The number of carbonyl (C=O) groups is 1. The number of sulfonamides is 1. The van der Waals surface area contributed by atoms with Crippen LogP contribution in [0.2, 0.25) is 0 Å². The minimum atomic E-state index is -3.20. The molecule has 7 nitrogen and oxygen atoms in total. The molecule has 126 valence electrons. The Morgan fingerprint density at radius 2 is 1.96 bits per heavy atom. The highest BCUT2D eigenvalue weighted by Crippen LogP contribution is 2.32. The number of hydrogen-bond acceptors (Lipinski definition) is 5. The summed E-state index contributed by atoms with van der Waals surface area (Å²) in [5, 5.41) is 9.16. The summed E-state index contributed by atoms with van der Waals surface area (Å²) < 4.78 is 26.4. The molecule has 1 aromatic rings. The predicted molar refractivity (Wildman–Crippen MR) is 86.4 cm³/mol. The Morgan fingerprint density at radius 1 is 1.30 bits per heavy atom. The van der Waals surface area contributed by atoms with Crippen LogP contribution in [0, 0.1) is 0 Å². The number of carboxylic acid groups (broad SMARTS) is 1. The predicted octanol–water partition coefficient (Wildman–Crippen LogP) is 0.739. The highest BCUT2D eigenvalue weighted by molar-refractivity contribution is 7.90. The molecule has 2 heterocycles. The molecule has 1 saturated carbocycles. The van der Waals surface area contributed by atoms with Crippen molar-refractivity contribution in [3.8, 4) is 0 Å². The van der Waals surface area contributed by atoms with Gasteiger partial charge in [-0.2, -0.15) is 0 Å². The molecular weight excluding hydrogens is 318 g/mol. The van der Waals surface area contributed by atoms with Gasteiger partial charge in [-0.05, 0) is 30.9 Å². The van der Waals surface area contributed by atoms with Gasteiger partial charge in [0, 0.05) is 39.3 Å². The van der Waals surface area contributed by atoms with E-state index in [1.807, 2.05) is 0 Å². The maximum atomic E-state index is 12.4. The van der Waals surface area contributed by atoms with Crippen LogP contribution >= 0.6 is 0 Å². The molecule has 1 fully saturated rings. The summed E-state index contributed by atoms with van der Waals surface area (Å²) in [6.07, 6.45) is 2.51. The van der Waals surface area contributed by atoms with Gasteiger partial charge < -0.3 is 10.0 Å². The van der Waals surface area contributed by atoms with Crippen LogP contribution in [-0.4, -0.2) is 61.2 Å². The first kappa shape index (κ1) is 16.2. The minimum absolute atomic E-state index is 0.159. The van der Waals surface area contributed by atoms with Crippen molar-refractivity contribution in [3.05, 3.63) is 22.9 Å². The van der Waals surface area contributed by atoms with Crippen molar-refractivity contribution in [1.29, 1.82) is 0 Å². The fourth-order valence-electron chi connectivity index (χ4n) is 2.93. The van der Waals surface area contributed by atoms with E-state index in [9.17, 15) is 18.3 Å². The minimum Gasteiger partial charge on any atom is -0.478 e. The Kier molecular flexibility index (Phi) is 4.05. The largest absolute Gasteiger partial charge is 0.478 e. The van der Waals surface area contributed by atoms with Gasteiger partial charge in [0.05, 0.1) is 5.25 Å². The standard InChI is InChI=1S/C15H21N3O4S/c1-17(2)14-12(15(19)20)9-10-5-7-18(8-6-13(10)16-14)23(21,22)11-3-4-11/h9,11H,3-8H2,1-2H3,(H,19,20). The molecule has 0 amide bonds. The number of carboxylic acids is 1. The lowest BCUT2D eigenvalue weighted by atomic mass is 10.1. The van der Waals surface area contributed by atoms with E-state index in [-0.39, 0.29) is 10.8 Å². The van der Waals surface area contributed by atoms with Gasteiger partial charge in [0.25, 0.3) is 0 Å². The summed E-state index contributed by atoms with van der Waals surface area (Å²) in [7, 11) is 0.299. The molecule has 0 spiro atoms. The summed E-state index contributed by atoms with van der Waals surface area (Å²) in [6, 6.07) is 1.65. The lowest BCUT2D eigenvalue weighted by Gasteiger charge is -2.19. The Hall–Kier alpha value is -1.67. The smallest absolute Gasteiger partial charge is 0.339 e. The molecule has 8 heteroatoms. The Balaban J connectivity index is 1.92. The summed E-state index contributed by atoms with van der Waals surface area (Å²) >= 11 is 0. The first-order valence-electron chi connectivity index (χ1n) is 7.73. The third-order valence-electron chi connectivity index (χ3n) is 4.36. The number of rotatable bonds is 4. The maximum Gasteiger partial charge on any atom is 0.339 e. The molecule has 1 aliphatic carbocycles. The Bertz CT molecular complexity index is 741. The average Bonchev–Trinajstić information content (AvgIpc) is 3.32. The van der Waals surface area contributed by atoms with Crippen LogP contribution in [-0.2, 0) is 22.9 Å². The molecule has 1 aliphatic heterocycles. The van der Waals surface area contributed by atoms with Crippen molar-refractivity contribution >= 4 is 21.8 Å². The second-order valence-electron chi connectivity index (χ2n) is 6.31. The SMILES string of the molecule is CN(C)c1nc2c(cc1C(=O)O)CCN(S(=O)(=O)C1CC1)CC2. The van der Waals surface area contributed by atoms with Crippen molar-refractivity contribution in [2.24, 2.45) is 0 Å². The number of nitrogens with zero attached hydrogens (tertiary/aromatic N) is 3. The van der Waals surface area contributed by atoms with Crippen LogP contribution in [0.25, 0.3) is 0 Å². The number of pyridine rings is 1. The van der Waals surface area contributed by atoms with Crippen molar-refractivity contribution < 1.29 is 18.3 Å². The van der Waals surface area contributed by atoms with Crippen LogP contribution in [0.1, 0.15) is 34.5 Å². The number of aromatic carboxylic acids is 1. The molecule has 1 aromatic heterocycles. The van der Waals surface area contributed by atoms with Gasteiger partial charge in [-0.25, -0.2) is 22.5 Å². The van der Waals surface area contributed by atoms with Crippen LogP contribution in [0.3, 0.4) is 0 Å². The first-order valence-corrected chi connectivity index (χ1v) is 9.23. The zero-order valence-electron chi connectivity index (χ0n) is 13.3. The lowest BCUT2D eigenvalue weighted by Crippen LogP contribution is -2.35. The van der Waals surface area contributed by atoms with Gasteiger partial charge in [0.15, 0.2) is 0 Å². The first-order chi connectivity index (χ1) is 10.8. The van der Waals surface area contributed by atoms with E-state index < -0.39 is 16.0 Å². The fourth-order valence-corrected chi connectivity index (χ4v) is 4.78. The second-order valence-corrected chi connectivity index (χ2v) is 8.52.